The van der Waals surface area contributed by atoms with E-state index in [-0.39, 0.29) is 5.97 Å². The van der Waals surface area contributed by atoms with Crippen LogP contribution >= 0.6 is 0 Å². The zero-order valence-electron chi connectivity index (χ0n) is 10.2. The summed E-state index contributed by atoms with van der Waals surface area (Å²) >= 11 is 0. The fraction of sp³-hybridized carbons (Fsp3) is 0.900. The van der Waals surface area contributed by atoms with Gasteiger partial charge in [-0.25, -0.2) is 0 Å². The summed E-state index contributed by atoms with van der Waals surface area (Å²) in [6, 6.07) is 0. The SMILES string of the molecule is CCOC(=O)C(C)(CC)NCCCN=[N+]=[N-]. The predicted octanol–water partition coefficient (Wildman–Crippen LogP) is 2.01. The van der Waals surface area contributed by atoms with Gasteiger partial charge in [-0.1, -0.05) is 12.0 Å². The van der Waals surface area contributed by atoms with Crippen molar-refractivity contribution in [1.29, 1.82) is 0 Å². The van der Waals surface area contributed by atoms with Crippen molar-refractivity contribution in [2.45, 2.75) is 39.2 Å². The Morgan fingerprint density at radius 2 is 2.25 bits per heavy atom. The molecular weight excluding hydrogens is 208 g/mol. The average molecular weight is 228 g/mol. The summed E-state index contributed by atoms with van der Waals surface area (Å²) < 4.78 is 4.99. The molecular formula is C10H20N4O2. The first-order chi connectivity index (χ1) is 7.60. The lowest BCUT2D eigenvalue weighted by molar-refractivity contribution is -0.150. The quantitative estimate of drug-likeness (QED) is 0.226. The molecule has 0 aliphatic carbocycles. The van der Waals surface area contributed by atoms with Crippen molar-refractivity contribution >= 4 is 5.97 Å². The van der Waals surface area contributed by atoms with E-state index < -0.39 is 5.54 Å². The molecule has 0 bridgehead atoms. The molecule has 1 N–H and O–H groups in total. The number of nitrogens with one attached hydrogen (secondary N) is 1. The molecule has 1 unspecified atom stereocenters. The van der Waals surface area contributed by atoms with E-state index >= 15 is 0 Å². The van der Waals surface area contributed by atoms with Gasteiger partial charge in [0.15, 0.2) is 0 Å². The number of carbonyl (C=O) groups is 1. The molecule has 0 saturated carbocycles. The van der Waals surface area contributed by atoms with Crippen LogP contribution in [0.1, 0.15) is 33.6 Å². The minimum absolute atomic E-state index is 0.235. The van der Waals surface area contributed by atoms with Gasteiger partial charge in [-0.3, -0.25) is 4.79 Å². The molecule has 0 aliphatic rings. The van der Waals surface area contributed by atoms with Gasteiger partial charge in [0, 0.05) is 11.5 Å². The Bertz CT molecular complexity index is 264. The van der Waals surface area contributed by atoms with Crippen LogP contribution in [0.3, 0.4) is 0 Å². The van der Waals surface area contributed by atoms with Crippen LogP contribution in [0.25, 0.3) is 10.4 Å². The minimum atomic E-state index is -0.646. The lowest BCUT2D eigenvalue weighted by atomic mass is 9.99. The Morgan fingerprint density at radius 1 is 1.56 bits per heavy atom. The normalized spacial score (nSPS) is 13.7. The van der Waals surface area contributed by atoms with Crippen LogP contribution in [0.5, 0.6) is 0 Å². The third-order valence-electron chi connectivity index (χ3n) is 2.45. The maximum atomic E-state index is 11.6. The molecule has 0 spiro atoms. The Balaban J connectivity index is 4.05. The van der Waals surface area contributed by atoms with Gasteiger partial charge in [0.05, 0.1) is 6.61 Å². The van der Waals surface area contributed by atoms with Gasteiger partial charge in [-0.2, -0.15) is 0 Å². The predicted molar refractivity (Wildman–Crippen MR) is 62.0 cm³/mol. The molecule has 16 heavy (non-hydrogen) atoms. The minimum Gasteiger partial charge on any atom is -0.465 e. The van der Waals surface area contributed by atoms with Crippen LogP contribution in [0.15, 0.2) is 5.11 Å². The molecule has 0 aromatic heterocycles. The number of azide groups is 1. The fourth-order valence-corrected chi connectivity index (χ4v) is 1.19. The van der Waals surface area contributed by atoms with Crippen molar-refractivity contribution in [3.05, 3.63) is 10.4 Å². The standard InChI is InChI=1S/C10H20N4O2/c1-4-10(3,9(15)16-5-2)12-7-6-8-13-14-11/h12H,4-8H2,1-3H3. The van der Waals surface area contributed by atoms with E-state index in [9.17, 15) is 4.79 Å². The number of nitrogens with zero attached hydrogens (tertiary/aromatic N) is 3. The summed E-state index contributed by atoms with van der Waals surface area (Å²) in [6.45, 7) is 6.98. The third kappa shape index (κ3) is 5.00. The van der Waals surface area contributed by atoms with Gasteiger partial charge in [-0.15, -0.1) is 0 Å². The second kappa shape index (κ2) is 7.96. The van der Waals surface area contributed by atoms with E-state index in [1.807, 2.05) is 13.8 Å². The summed E-state index contributed by atoms with van der Waals surface area (Å²) in [5.74, 6) is -0.235. The summed E-state index contributed by atoms with van der Waals surface area (Å²) in [4.78, 5) is 14.3. The summed E-state index contributed by atoms with van der Waals surface area (Å²) in [5.41, 5.74) is 7.45. The Morgan fingerprint density at radius 3 is 2.75 bits per heavy atom. The van der Waals surface area contributed by atoms with Gasteiger partial charge < -0.3 is 10.1 Å². The van der Waals surface area contributed by atoms with Crippen LogP contribution in [0, 0.1) is 0 Å². The molecule has 0 amide bonds. The first-order valence-electron chi connectivity index (χ1n) is 5.53. The molecule has 0 aromatic rings. The molecule has 6 nitrogen and oxygen atoms in total. The summed E-state index contributed by atoms with van der Waals surface area (Å²) in [5, 5.41) is 6.55. The highest BCUT2D eigenvalue weighted by Crippen LogP contribution is 2.11. The summed E-state index contributed by atoms with van der Waals surface area (Å²) in [6.07, 6.45) is 1.37. The highest BCUT2D eigenvalue weighted by Gasteiger charge is 2.31. The van der Waals surface area contributed by atoms with Crippen molar-refractivity contribution in [1.82, 2.24) is 5.32 Å². The van der Waals surface area contributed by atoms with Crippen LogP contribution in [0.4, 0.5) is 0 Å². The molecule has 0 fully saturated rings. The van der Waals surface area contributed by atoms with Gasteiger partial charge >= 0.3 is 5.97 Å². The van der Waals surface area contributed by atoms with Crippen LogP contribution < -0.4 is 5.32 Å². The second-order valence-corrected chi connectivity index (χ2v) is 3.64. The van der Waals surface area contributed by atoms with Crippen molar-refractivity contribution in [2.75, 3.05) is 19.7 Å². The number of hydrogen-bond donors (Lipinski definition) is 1. The average Bonchev–Trinajstić information content (AvgIpc) is 2.28. The molecule has 0 heterocycles. The van der Waals surface area contributed by atoms with Crippen LogP contribution in [-0.4, -0.2) is 31.2 Å². The summed E-state index contributed by atoms with van der Waals surface area (Å²) in [7, 11) is 0. The maximum Gasteiger partial charge on any atom is 0.326 e. The number of carbonyl (C=O) groups excluding carboxylic acids is 1. The monoisotopic (exact) mass is 228 g/mol. The van der Waals surface area contributed by atoms with Gasteiger partial charge in [0.1, 0.15) is 5.54 Å². The lowest BCUT2D eigenvalue weighted by Gasteiger charge is -2.27. The van der Waals surface area contributed by atoms with E-state index in [1.54, 1.807) is 6.92 Å². The smallest absolute Gasteiger partial charge is 0.326 e. The van der Waals surface area contributed by atoms with E-state index in [0.29, 0.717) is 32.5 Å². The number of hydrogen-bond acceptors (Lipinski definition) is 4. The van der Waals surface area contributed by atoms with Gasteiger partial charge in [-0.05, 0) is 38.8 Å². The van der Waals surface area contributed by atoms with Crippen LogP contribution in [0.2, 0.25) is 0 Å². The maximum absolute atomic E-state index is 11.6. The topological polar surface area (TPSA) is 87.1 Å². The zero-order valence-corrected chi connectivity index (χ0v) is 10.2. The molecule has 1 atom stereocenters. The van der Waals surface area contributed by atoms with Crippen molar-refractivity contribution in [3.8, 4) is 0 Å². The first kappa shape index (κ1) is 14.7. The van der Waals surface area contributed by atoms with E-state index in [1.165, 1.54) is 0 Å². The number of ether oxygens (including phenoxy) is 1. The third-order valence-corrected chi connectivity index (χ3v) is 2.45. The first-order valence-corrected chi connectivity index (χ1v) is 5.53. The van der Waals surface area contributed by atoms with Crippen molar-refractivity contribution in [3.63, 3.8) is 0 Å². The van der Waals surface area contributed by atoms with Crippen molar-refractivity contribution in [2.24, 2.45) is 5.11 Å². The Hall–Kier alpha value is -1.26. The molecule has 0 radical (unpaired) electrons. The molecule has 92 valence electrons. The molecule has 0 rings (SSSR count). The largest absolute Gasteiger partial charge is 0.465 e. The second-order valence-electron chi connectivity index (χ2n) is 3.64. The highest BCUT2D eigenvalue weighted by molar-refractivity contribution is 5.80. The fourth-order valence-electron chi connectivity index (χ4n) is 1.19. The molecule has 0 aromatic carbocycles. The van der Waals surface area contributed by atoms with Crippen molar-refractivity contribution < 1.29 is 9.53 Å². The van der Waals surface area contributed by atoms with E-state index in [4.69, 9.17) is 10.3 Å². The number of rotatable bonds is 8. The zero-order chi connectivity index (χ0) is 12.4. The van der Waals surface area contributed by atoms with E-state index in [0.717, 1.165) is 0 Å². The highest BCUT2D eigenvalue weighted by atomic mass is 16.5. The van der Waals surface area contributed by atoms with E-state index in [2.05, 4.69) is 15.3 Å². The number of esters is 1. The molecule has 0 saturated heterocycles. The lowest BCUT2D eigenvalue weighted by Crippen LogP contribution is -2.50. The molecule has 6 heteroatoms. The van der Waals surface area contributed by atoms with Gasteiger partial charge in [0.2, 0.25) is 0 Å². The Kier molecular flexibility index (Phi) is 7.33. The molecule has 0 aliphatic heterocycles. The van der Waals surface area contributed by atoms with Crippen LogP contribution in [-0.2, 0) is 9.53 Å². The Labute approximate surface area is 96.0 Å². The van der Waals surface area contributed by atoms with Gasteiger partial charge in [0.25, 0.3) is 0 Å².